The molecule has 4 nitrogen and oxygen atoms in total. The van der Waals surface area contributed by atoms with Gasteiger partial charge in [-0.25, -0.2) is 4.79 Å². The van der Waals surface area contributed by atoms with E-state index in [4.69, 9.17) is 0 Å². The molecule has 0 spiro atoms. The highest BCUT2D eigenvalue weighted by atomic mass is 19.4. The summed E-state index contributed by atoms with van der Waals surface area (Å²) in [5, 5.41) is 2.91. The van der Waals surface area contributed by atoms with Gasteiger partial charge >= 0.3 is 12.2 Å². The summed E-state index contributed by atoms with van der Waals surface area (Å²) in [6.45, 7) is 0.211. The number of halogens is 3. The van der Waals surface area contributed by atoms with Crippen LogP contribution in [0.15, 0.2) is 24.3 Å². The smallest absolute Gasteiger partial charge is 0.322 e. The summed E-state index contributed by atoms with van der Waals surface area (Å²) in [5.74, 6) is 0.523. The SMILES string of the molecule is O=C(Nc1ccccc1C1CC1)N1CCN(CC(F)(F)F)CC1. The summed E-state index contributed by atoms with van der Waals surface area (Å²) in [7, 11) is 0. The fourth-order valence-electron chi connectivity index (χ4n) is 2.92. The molecule has 0 atom stereocenters. The lowest BCUT2D eigenvalue weighted by atomic mass is 10.1. The zero-order chi connectivity index (χ0) is 16.4. The highest BCUT2D eigenvalue weighted by Gasteiger charge is 2.33. The third kappa shape index (κ3) is 4.37. The van der Waals surface area contributed by atoms with Crippen molar-refractivity contribution in [1.29, 1.82) is 0 Å². The largest absolute Gasteiger partial charge is 0.401 e. The number of amides is 2. The fourth-order valence-corrected chi connectivity index (χ4v) is 2.92. The van der Waals surface area contributed by atoms with Gasteiger partial charge in [0.15, 0.2) is 0 Å². The molecule has 1 aromatic carbocycles. The number of rotatable bonds is 3. The van der Waals surface area contributed by atoms with Crippen LogP contribution in [0.25, 0.3) is 0 Å². The van der Waals surface area contributed by atoms with Crippen molar-refractivity contribution in [2.45, 2.75) is 24.9 Å². The van der Waals surface area contributed by atoms with Crippen LogP contribution >= 0.6 is 0 Å². The number of nitrogens with zero attached hydrogens (tertiary/aromatic N) is 2. The molecule has 0 radical (unpaired) electrons. The van der Waals surface area contributed by atoms with Crippen molar-refractivity contribution in [3.05, 3.63) is 29.8 Å². The molecule has 7 heteroatoms. The second kappa shape index (κ2) is 6.39. The summed E-state index contributed by atoms with van der Waals surface area (Å²) in [6.07, 6.45) is -1.90. The highest BCUT2D eigenvalue weighted by molar-refractivity contribution is 5.90. The second-order valence-electron chi connectivity index (χ2n) is 6.17. The Hall–Kier alpha value is -1.76. The number of alkyl halides is 3. The number of hydrogen-bond acceptors (Lipinski definition) is 2. The number of anilines is 1. The van der Waals surface area contributed by atoms with E-state index >= 15 is 0 Å². The number of urea groups is 1. The Morgan fingerprint density at radius 3 is 2.39 bits per heavy atom. The highest BCUT2D eigenvalue weighted by Crippen LogP contribution is 2.43. The van der Waals surface area contributed by atoms with Crippen molar-refractivity contribution < 1.29 is 18.0 Å². The van der Waals surface area contributed by atoms with E-state index in [0.29, 0.717) is 19.0 Å². The van der Waals surface area contributed by atoms with E-state index < -0.39 is 12.7 Å². The van der Waals surface area contributed by atoms with Crippen molar-refractivity contribution >= 4 is 11.7 Å². The molecular weight excluding hydrogens is 307 g/mol. The maximum atomic E-state index is 12.4. The topological polar surface area (TPSA) is 35.6 Å². The van der Waals surface area contributed by atoms with Gasteiger partial charge in [-0.2, -0.15) is 13.2 Å². The maximum Gasteiger partial charge on any atom is 0.401 e. The minimum atomic E-state index is -4.19. The van der Waals surface area contributed by atoms with Gasteiger partial charge in [-0.1, -0.05) is 18.2 Å². The molecule has 0 aromatic heterocycles. The van der Waals surface area contributed by atoms with Crippen LogP contribution in [0.5, 0.6) is 0 Å². The van der Waals surface area contributed by atoms with Crippen LogP contribution in [0.2, 0.25) is 0 Å². The van der Waals surface area contributed by atoms with Crippen molar-refractivity contribution in [3.8, 4) is 0 Å². The number of carbonyl (C=O) groups excluding carboxylic acids is 1. The fraction of sp³-hybridized carbons (Fsp3) is 0.562. The van der Waals surface area contributed by atoms with E-state index in [2.05, 4.69) is 5.32 Å². The third-order valence-corrected chi connectivity index (χ3v) is 4.28. The summed E-state index contributed by atoms with van der Waals surface area (Å²) in [5.41, 5.74) is 1.97. The minimum Gasteiger partial charge on any atom is -0.322 e. The molecular formula is C16H20F3N3O. The van der Waals surface area contributed by atoms with Crippen molar-refractivity contribution in [2.24, 2.45) is 0 Å². The Morgan fingerprint density at radius 1 is 1.13 bits per heavy atom. The van der Waals surface area contributed by atoms with E-state index in [1.54, 1.807) is 4.90 Å². The van der Waals surface area contributed by atoms with Gasteiger partial charge in [0.2, 0.25) is 0 Å². The third-order valence-electron chi connectivity index (χ3n) is 4.28. The molecule has 0 bridgehead atoms. The number of carbonyl (C=O) groups is 1. The Labute approximate surface area is 133 Å². The summed E-state index contributed by atoms with van der Waals surface area (Å²) < 4.78 is 37.1. The second-order valence-corrected chi connectivity index (χ2v) is 6.17. The first kappa shape index (κ1) is 16.1. The molecule has 1 saturated carbocycles. The lowest BCUT2D eigenvalue weighted by Crippen LogP contribution is -2.52. The molecule has 1 saturated heterocycles. The first-order valence-electron chi connectivity index (χ1n) is 7.86. The molecule has 2 amide bonds. The number of nitrogens with one attached hydrogen (secondary N) is 1. The van der Waals surface area contributed by atoms with Crippen LogP contribution < -0.4 is 5.32 Å². The van der Waals surface area contributed by atoms with Gasteiger partial charge in [0.25, 0.3) is 0 Å². The number of piperazine rings is 1. The van der Waals surface area contributed by atoms with Gasteiger partial charge < -0.3 is 10.2 Å². The zero-order valence-corrected chi connectivity index (χ0v) is 12.8. The summed E-state index contributed by atoms with van der Waals surface area (Å²) in [4.78, 5) is 15.2. The van der Waals surface area contributed by atoms with E-state index in [1.807, 2.05) is 24.3 Å². The van der Waals surface area contributed by atoms with Gasteiger partial charge in [0, 0.05) is 31.9 Å². The quantitative estimate of drug-likeness (QED) is 0.925. The lowest BCUT2D eigenvalue weighted by molar-refractivity contribution is -0.148. The monoisotopic (exact) mass is 327 g/mol. The molecule has 2 fully saturated rings. The molecule has 23 heavy (non-hydrogen) atoms. The number of para-hydroxylation sites is 1. The van der Waals surface area contributed by atoms with Crippen LogP contribution in [-0.2, 0) is 0 Å². The van der Waals surface area contributed by atoms with Gasteiger partial charge in [-0.05, 0) is 30.4 Å². The predicted molar refractivity (Wildman–Crippen MR) is 81.5 cm³/mol. The van der Waals surface area contributed by atoms with Crippen molar-refractivity contribution in [3.63, 3.8) is 0 Å². The van der Waals surface area contributed by atoms with Gasteiger partial charge in [0.1, 0.15) is 0 Å². The molecule has 2 aliphatic rings. The number of benzene rings is 1. The molecule has 1 N–H and O–H groups in total. The van der Waals surface area contributed by atoms with E-state index in [1.165, 1.54) is 4.90 Å². The standard InChI is InChI=1S/C16H20F3N3O/c17-16(18,19)11-21-7-9-22(10-8-21)15(23)20-14-4-2-1-3-13(14)12-5-6-12/h1-4,12H,5-11H2,(H,20,23). The van der Waals surface area contributed by atoms with Crippen LogP contribution in [0.3, 0.4) is 0 Å². The number of hydrogen-bond donors (Lipinski definition) is 1. The van der Waals surface area contributed by atoms with Crippen molar-refractivity contribution in [2.75, 3.05) is 38.0 Å². The molecule has 1 aliphatic heterocycles. The van der Waals surface area contributed by atoms with Crippen molar-refractivity contribution in [1.82, 2.24) is 9.80 Å². The van der Waals surface area contributed by atoms with Crippen LogP contribution in [0.1, 0.15) is 24.3 Å². The lowest BCUT2D eigenvalue weighted by Gasteiger charge is -2.35. The summed E-state index contributed by atoms with van der Waals surface area (Å²) >= 11 is 0. The first-order chi connectivity index (χ1) is 10.9. The maximum absolute atomic E-state index is 12.4. The van der Waals surface area contributed by atoms with Gasteiger partial charge in [0.05, 0.1) is 6.54 Å². The minimum absolute atomic E-state index is 0.232. The van der Waals surface area contributed by atoms with Crippen LogP contribution in [0.4, 0.5) is 23.7 Å². The molecule has 1 aromatic rings. The van der Waals surface area contributed by atoms with E-state index in [9.17, 15) is 18.0 Å². The Kier molecular flexibility index (Phi) is 4.48. The average molecular weight is 327 g/mol. The molecule has 0 unspecified atom stereocenters. The van der Waals surface area contributed by atoms with E-state index in [-0.39, 0.29) is 19.1 Å². The summed E-state index contributed by atoms with van der Waals surface area (Å²) in [6, 6.07) is 7.51. The van der Waals surface area contributed by atoms with Gasteiger partial charge in [-0.15, -0.1) is 0 Å². The Morgan fingerprint density at radius 2 is 1.78 bits per heavy atom. The molecule has 3 rings (SSSR count). The predicted octanol–water partition coefficient (Wildman–Crippen LogP) is 3.28. The molecule has 1 heterocycles. The molecule has 126 valence electrons. The van der Waals surface area contributed by atoms with E-state index in [0.717, 1.165) is 24.1 Å². The van der Waals surface area contributed by atoms with Gasteiger partial charge in [-0.3, -0.25) is 4.90 Å². The zero-order valence-electron chi connectivity index (χ0n) is 12.8. The Bertz CT molecular complexity index is 564. The van der Waals surface area contributed by atoms with Crippen LogP contribution in [0, 0.1) is 0 Å². The molecule has 1 aliphatic carbocycles. The first-order valence-corrected chi connectivity index (χ1v) is 7.86. The Balaban J connectivity index is 1.54. The average Bonchev–Trinajstić information content (AvgIpc) is 3.31. The normalized spacial score (nSPS) is 19.7. The van der Waals surface area contributed by atoms with Crippen LogP contribution in [-0.4, -0.2) is 54.7 Å².